The number of ether oxygens (including phenoxy) is 1. The van der Waals surface area contributed by atoms with Crippen molar-refractivity contribution in [3.05, 3.63) is 59.9 Å². The largest absolute Gasteiger partial charge is 0.377 e. The van der Waals surface area contributed by atoms with Gasteiger partial charge in [-0.15, -0.1) is 0 Å². The molecule has 2 rings (SSSR count). The molecule has 6 heteroatoms. The maximum absolute atomic E-state index is 12.3. The number of sulfonamides is 1. The highest BCUT2D eigenvalue weighted by Gasteiger charge is 2.14. The maximum Gasteiger partial charge on any atom is 0.240 e. The predicted octanol–water partition coefficient (Wildman–Crippen LogP) is 2.10. The molecule has 0 aliphatic carbocycles. The van der Waals surface area contributed by atoms with Crippen LogP contribution >= 0.6 is 0 Å². The lowest BCUT2D eigenvalue weighted by molar-refractivity contribution is 0.134. The molecule has 5 nitrogen and oxygen atoms in total. The summed E-state index contributed by atoms with van der Waals surface area (Å²) in [5.41, 5.74) is 1.65. The molecular formula is C15H18N2O3S. The average molecular weight is 306 g/mol. The number of rotatable bonds is 7. The van der Waals surface area contributed by atoms with Gasteiger partial charge >= 0.3 is 0 Å². The third-order valence-corrected chi connectivity index (χ3v) is 4.27. The van der Waals surface area contributed by atoms with E-state index >= 15 is 0 Å². The zero-order chi connectivity index (χ0) is 15.1. The van der Waals surface area contributed by atoms with Gasteiger partial charge in [-0.2, -0.15) is 0 Å². The molecule has 0 saturated heterocycles. The van der Waals surface area contributed by atoms with Gasteiger partial charge < -0.3 is 4.74 Å². The van der Waals surface area contributed by atoms with E-state index in [1.807, 2.05) is 19.1 Å². The van der Waals surface area contributed by atoms with E-state index in [-0.39, 0.29) is 11.4 Å². The van der Waals surface area contributed by atoms with Crippen LogP contribution in [0.5, 0.6) is 0 Å². The normalized spacial score (nSPS) is 11.5. The SMILES string of the molecule is CCOCc1cccc(S(=O)(=O)NCc2cccnc2)c1. The second-order valence-electron chi connectivity index (χ2n) is 4.47. The van der Waals surface area contributed by atoms with E-state index in [1.54, 1.807) is 36.7 Å². The third-order valence-electron chi connectivity index (χ3n) is 2.87. The van der Waals surface area contributed by atoms with Gasteiger partial charge in [-0.1, -0.05) is 18.2 Å². The third kappa shape index (κ3) is 4.63. The van der Waals surface area contributed by atoms with Gasteiger partial charge in [-0.25, -0.2) is 13.1 Å². The summed E-state index contributed by atoms with van der Waals surface area (Å²) in [5.74, 6) is 0. The molecular weight excluding hydrogens is 288 g/mol. The molecule has 1 N–H and O–H groups in total. The van der Waals surface area contributed by atoms with Gasteiger partial charge in [0.1, 0.15) is 0 Å². The smallest absolute Gasteiger partial charge is 0.240 e. The number of aromatic nitrogens is 1. The van der Waals surface area contributed by atoms with E-state index in [0.717, 1.165) is 11.1 Å². The predicted molar refractivity (Wildman–Crippen MR) is 80.0 cm³/mol. The number of nitrogens with one attached hydrogen (secondary N) is 1. The molecule has 1 aromatic carbocycles. The summed E-state index contributed by atoms with van der Waals surface area (Å²) in [6.07, 6.45) is 3.28. The van der Waals surface area contributed by atoms with Crippen molar-refractivity contribution in [3.8, 4) is 0 Å². The van der Waals surface area contributed by atoms with Crippen LogP contribution in [0.2, 0.25) is 0 Å². The summed E-state index contributed by atoms with van der Waals surface area (Å²) in [7, 11) is -3.54. The molecule has 112 valence electrons. The number of pyridine rings is 1. The molecule has 2 aromatic rings. The minimum Gasteiger partial charge on any atom is -0.377 e. The summed E-state index contributed by atoms with van der Waals surface area (Å²) in [6.45, 7) is 3.11. The van der Waals surface area contributed by atoms with E-state index in [9.17, 15) is 8.42 Å². The molecule has 0 radical (unpaired) electrons. The lowest BCUT2D eigenvalue weighted by Crippen LogP contribution is -2.23. The molecule has 0 saturated carbocycles. The Bertz CT molecular complexity index is 672. The van der Waals surface area contributed by atoms with Gasteiger partial charge in [0, 0.05) is 25.5 Å². The van der Waals surface area contributed by atoms with Gasteiger partial charge in [0.05, 0.1) is 11.5 Å². The van der Waals surface area contributed by atoms with E-state index in [2.05, 4.69) is 9.71 Å². The van der Waals surface area contributed by atoms with E-state index in [4.69, 9.17) is 4.74 Å². The minimum atomic E-state index is -3.54. The summed E-state index contributed by atoms with van der Waals surface area (Å²) in [4.78, 5) is 4.19. The van der Waals surface area contributed by atoms with Crippen molar-refractivity contribution in [3.63, 3.8) is 0 Å². The molecule has 0 spiro atoms. The second kappa shape index (κ2) is 7.31. The Hall–Kier alpha value is -1.76. The Kier molecular flexibility index (Phi) is 5.44. The van der Waals surface area contributed by atoms with Gasteiger partial charge in [0.15, 0.2) is 0 Å². The van der Waals surface area contributed by atoms with Gasteiger partial charge in [0.2, 0.25) is 10.0 Å². The Morgan fingerprint density at radius 3 is 2.71 bits per heavy atom. The van der Waals surface area contributed by atoms with E-state index in [1.165, 1.54) is 0 Å². The standard InChI is InChI=1S/C15H18N2O3S/c1-2-20-12-13-5-3-7-15(9-13)21(18,19)17-11-14-6-4-8-16-10-14/h3-10,17H,2,11-12H2,1H3. The summed E-state index contributed by atoms with van der Waals surface area (Å²) in [6, 6.07) is 10.3. The lowest BCUT2D eigenvalue weighted by Gasteiger charge is -2.08. The van der Waals surface area contributed by atoms with E-state index in [0.29, 0.717) is 13.2 Å². The zero-order valence-electron chi connectivity index (χ0n) is 11.8. The highest BCUT2D eigenvalue weighted by molar-refractivity contribution is 7.89. The fourth-order valence-corrected chi connectivity index (χ4v) is 2.87. The van der Waals surface area contributed by atoms with Gasteiger partial charge in [0.25, 0.3) is 0 Å². The zero-order valence-corrected chi connectivity index (χ0v) is 12.6. The fourth-order valence-electron chi connectivity index (χ4n) is 1.79. The van der Waals surface area contributed by atoms with E-state index < -0.39 is 10.0 Å². The summed E-state index contributed by atoms with van der Waals surface area (Å²) in [5, 5.41) is 0. The number of hydrogen-bond acceptors (Lipinski definition) is 4. The number of benzene rings is 1. The first-order valence-electron chi connectivity index (χ1n) is 6.67. The molecule has 0 amide bonds. The highest BCUT2D eigenvalue weighted by Crippen LogP contribution is 2.13. The quantitative estimate of drug-likeness (QED) is 0.850. The Morgan fingerprint density at radius 2 is 2.00 bits per heavy atom. The molecule has 0 unspecified atom stereocenters. The van der Waals surface area contributed by atoms with Crippen molar-refractivity contribution in [2.75, 3.05) is 6.61 Å². The van der Waals surface area contributed by atoms with Crippen LogP contribution in [-0.4, -0.2) is 20.0 Å². The molecule has 0 fully saturated rings. The van der Waals surface area contributed by atoms with Crippen LogP contribution in [0.1, 0.15) is 18.1 Å². The van der Waals surface area contributed by atoms with Crippen molar-refractivity contribution in [2.24, 2.45) is 0 Å². The molecule has 1 heterocycles. The molecule has 0 bridgehead atoms. The molecule has 0 atom stereocenters. The number of hydrogen-bond donors (Lipinski definition) is 1. The van der Waals surface area contributed by atoms with Crippen LogP contribution in [0.4, 0.5) is 0 Å². The topological polar surface area (TPSA) is 68.3 Å². The molecule has 0 aliphatic heterocycles. The van der Waals surface area contributed by atoms with Crippen molar-refractivity contribution < 1.29 is 13.2 Å². The van der Waals surface area contributed by atoms with Crippen LogP contribution in [0.25, 0.3) is 0 Å². The summed E-state index contributed by atoms with van der Waals surface area (Å²) >= 11 is 0. The number of nitrogens with zero attached hydrogens (tertiary/aromatic N) is 1. The van der Waals surface area contributed by atoms with Gasteiger partial charge in [-0.3, -0.25) is 4.98 Å². The average Bonchev–Trinajstić information content (AvgIpc) is 2.52. The van der Waals surface area contributed by atoms with Crippen molar-refractivity contribution in [1.29, 1.82) is 0 Å². The molecule has 21 heavy (non-hydrogen) atoms. The Morgan fingerprint density at radius 1 is 1.19 bits per heavy atom. The Balaban J connectivity index is 2.08. The minimum absolute atomic E-state index is 0.214. The summed E-state index contributed by atoms with van der Waals surface area (Å²) < 4.78 is 32.4. The lowest BCUT2D eigenvalue weighted by atomic mass is 10.2. The first kappa shape index (κ1) is 15.6. The molecule has 1 aromatic heterocycles. The first-order chi connectivity index (χ1) is 10.1. The van der Waals surface area contributed by atoms with Crippen molar-refractivity contribution in [1.82, 2.24) is 9.71 Å². The van der Waals surface area contributed by atoms with Crippen LogP contribution < -0.4 is 4.72 Å². The Labute approximate surface area is 125 Å². The highest BCUT2D eigenvalue weighted by atomic mass is 32.2. The van der Waals surface area contributed by atoms with Crippen LogP contribution in [0.15, 0.2) is 53.7 Å². The maximum atomic E-state index is 12.3. The van der Waals surface area contributed by atoms with Crippen LogP contribution in [-0.2, 0) is 27.9 Å². The van der Waals surface area contributed by atoms with Crippen LogP contribution in [0, 0.1) is 0 Å². The van der Waals surface area contributed by atoms with Gasteiger partial charge in [-0.05, 0) is 36.2 Å². The second-order valence-corrected chi connectivity index (χ2v) is 6.24. The monoisotopic (exact) mass is 306 g/mol. The molecule has 0 aliphatic rings. The van der Waals surface area contributed by atoms with Crippen molar-refractivity contribution in [2.45, 2.75) is 25.0 Å². The first-order valence-corrected chi connectivity index (χ1v) is 8.15. The fraction of sp³-hybridized carbons (Fsp3) is 0.267. The van der Waals surface area contributed by atoms with Crippen molar-refractivity contribution >= 4 is 10.0 Å². The van der Waals surface area contributed by atoms with Crippen LogP contribution in [0.3, 0.4) is 0 Å².